The van der Waals surface area contributed by atoms with Crippen molar-refractivity contribution in [2.24, 2.45) is 0 Å². The quantitative estimate of drug-likeness (QED) is 0.195. The highest BCUT2D eigenvalue weighted by atomic mass is 16.6. The van der Waals surface area contributed by atoms with E-state index in [-0.39, 0.29) is 32.5 Å². The number of carbonyl (C=O) groups is 6. The van der Waals surface area contributed by atoms with E-state index in [1.54, 1.807) is 34.6 Å². The molecule has 0 aliphatic heterocycles. The minimum absolute atomic E-state index is 0.0510. The Balaban J connectivity index is 5.08. The number of alkyl carbamates (subject to hydrolysis) is 1. The Kier molecular flexibility index (Phi) is 13.9. The van der Waals surface area contributed by atoms with Gasteiger partial charge in [-0.05, 0) is 47.5 Å². The number of carbonyl (C=O) groups excluding carboxylic acids is 5. The van der Waals surface area contributed by atoms with Crippen molar-refractivity contribution in [1.29, 1.82) is 0 Å². The predicted octanol–water partition coefficient (Wildman–Crippen LogP) is 0.252. The highest BCUT2D eigenvalue weighted by Gasteiger charge is 2.27. The molecule has 34 heavy (non-hydrogen) atoms. The lowest BCUT2D eigenvalue weighted by Gasteiger charge is -2.23. The lowest BCUT2D eigenvalue weighted by molar-refractivity contribution is -0.146. The molecule has 0 aromatic rings. The Morgan fingerprint density at radius 2 is 1.44 bits per heavy atom. The molecule has 0 aromatic carbocycles. The first-order chi connectivity index (χ1) is 15.8. The molecule has 0 fully saturated rings. The van der Waals surface area contributed by atoms with Crippen molar-refractivity contribution >= 4 is 35.8 Å². The summed E-state index contributed by atoms with van der Waals surface area (Å²) in [6.45, 7) is 7.82. The molecule has 3 amide bonds. The molecule has 0 bridgehead atoms. The molecular weight excluding hydrogens is 454 g/mol. The van der Waals surface area contributed by atoms with Crippen LogP contribution in [-0.2, 0) is 38.2 Å². The van der Waals surface area contributed by atoms with Gasteiger partial charge in [-0.2, -0.15) is 0 Å². The van der Waals surface area contributed by atoms with Gasteiger partial charge in [0.25, 0.3) is 0 Å². The van der Waals surface area contributed by atoms with Gasteiger partial charge in [0.15, 0.2) is 0 Å². The molecule has 13 heteroatoms. The van der Waals surface area contributed by atoms with E-state index in [2.05, 4.69) is 16.0 Å². The molecule has 13 nitrogen and oxygen atoms in total. The van der Waals surface area contributed by atoms with Gasteiger partial charge < -0.3 is 35.3 Å². The molecular formula is C21H35N3O10. The van der Waals surface area contributed by atoms with Crippen molar-refractivity contribution in [3.05, 3.63) is 0 Å². The van der Waals surface area contributed by atoms with Gasteiger partial charge in [0, 0.05) is 12.8 Å². The molecule has 0 aliphatic rings. The standard InChI is InChI=1S/C21H35N3O10/c1-6-32-17(28)12-22-18(29)13(9-11-16(26)27)23-15(25)10-8-14(19(30)33-7-2)24-20(31)34-21(3,4)5/h13-14H,6-12H2,1-5H3,(H,22,29)(H,23,25)(H,24,31)(H,26,27)/t13-,14-/m0/s1. The van der Waals surface area contributed by atoms with Gasteiger partial charge in [0.1, 0.15) is 24.2 Å². The molecule has 2 atom stereocenters. The first-order valence-electron chi connectivity index (χ1n) is 10.9. The Hall–Kier alpha value is -3.38. The van der Waals surface area contributed by atoms with Crippen LogP contribution in [0.4, 0.5) is 4.79 Å². The summed E-state index contributed by atoms with van der Waals surface area (Å²) in [4.78, 5) is 71.3. The van der Waals surface area contributed by atoms with E-state index in [1.807, 2.05) is 0 Å². The van der Waals surface area contributed by atoms with Crippen LogP contribution in [0.1, 0.15) is 60.3 Å². The van der Waals surface area contributed by atoms with Gasteiger partial charge in [0.05, 0.1) is 13.2 Å². The molecule has 0 unspecified atom stereocenters. The zero-order valence-corrected chi connectivity index (χ0v) is 20.2. The lowest BCUT2D eigenvalue weighted by atomic mass is 10.1. The molecule has 0 saturated carbocycles. The normalized spacial score (nSPS) is 12.5. The van der Waals surface area contributed by atoms with E-state index in [0.29, 0.717) is 0 Å². The molecule has 0 spiro atoms. The van der Waals surface area contributed by atoms with Crippen LogP contribution < -0.4 is 16.0 Å². The fourth-order valence-electron chi connectivity index (χ4n) is 2.51. The zero-order valence-electron chi connectivity index (χ0n) is 20.2. The molecule has 0 aliphatic carbocycles. The SMILES string of the molecule is CCOC(=O)CNC(=O)[C@H](CCC(=O)O)NC(=O)CC[C@H](NC(=O)OC(C)(C)C)C(=O)OCC. The van der Waals surface area contributed by atoms with Crippen LogP contribution >= 0.6 is 0 Å². The molecule has 194 valence electrons. The molecule has 4 N–H and O–H groups in total. The first-order valence-corrected chi connectivity index (χ1v) is 10.9. The molecule has 0 radical (unpaired) electrons. The van der Waals surface area contributed by atoms with Crippen LogP contribution in [0, 0.1) is 0 Å². The zero-order chi connectivity index (χ0) is 26.3. The number of amides is 3. The monoisotopic (exact) mass is 489 g/mol. The maximum absolute atomic E-state index is 12.4. The van der Waals surface area contributed by atoms with Crippen LogP contribution in [0.3, 0.4) is 0 Å². The van der Waals surface area contributed by atoms with Crippen LogP contribution in [0.25, 0.3) is 0 Å². The summed E-state index contributed by atoms with van der Waals surface area (Å²) < 4.78 is 14.7. The number of hydrogen-bond acceptors (Lipinski definition) is 9. The van der Waals surface area contributed by atoms with Crippen LogP contribution in [0.15, 0.2) is 0 Å². The first kappa shape index (κ1) is 30.6. The number of nitrogens with one attached hydrogen (secondary N) is 3. The van der Waals surface area contributed by atoms with Gasteiger partial charge >= 0.3 is 24.0 Å². The van der Waals surface area contributed by atoms with Crippen molar-refractivity contribution < 1.29 is 48.1 Å². The van der Waals surface area contributed by atoms with Crippen molar-refractivity contribution in [1.82, 2.24) is 16.0 Å². The molecule has 0 rings (SSSR count). The summed E-state index contributed by atoms with van der Waals surface area (Å²) in [5.74, 6) is -4.08. The highest BCUT2D eigenvalue weighted by molar-refractivity contribution is 5.90. The van der Waals surface area contributed by atoms with Gasteiger partial charge in [-0.3, -0.25) is 19.2 Å². The van der Waals surface area contributed by atoms with E-state index >= 15 is 0 Å². The van der Waals surface area contributed by atoms with Gasteiger partial charge in [-0.25, -0.2) is 9.59 Å². The number of carboxylic acids is 1. The largest absolute Gasteiger partial charge is 0.481 e. The van der Waals surface area contributed by atoms with Crippen molar-refractivity contribution in [3.8, 4) is 0 Å². The smallest absolute Gasteiger partial charge is 0.408 e. The van der Waals surface area contributed by atoms with E-state index in [1.165, 1.54) is 0 Å². The average molecular weight is 490 g/mol. The molecule has 0 saturated heterocycles. The van der Waals surface area contributed by atoms with Crippen molar-refractivity contribution in [3.63, 3.8) is 0 Å². The minimum atomic E-state index is -1.24. The summed E-state index contributed by atoms with van der Waals surface area (Å²) in [7, 11) is 0. The maximum atomic E-state index is 12.4. The van der Waals surface area contributed by atoms with E-state index in [9.17, 15) is 28.8 Å². The molecule has 0 heterocycles. The summed E-state index contributed by atoms with van der Waals surface area (Å²) >= 11 is 0. The van der Waals surface area contributed by atoms with Crippen LogP contribution in [-0.4, -0.2) is 78.4 Å². The summed E-state index contributed by atoms with van der Waals surface area (Å²) in [5, 5.41) is 15.9. The lowest BCUT2D eigenvalue weighted by Crippen LogP contribution is -2.49. The van der Waals surface area contributed by atoms with Gasteiger partial charge in [0.2, 0.25) is 11.8 Å². The van der Waals surface area contributed by atoms with Crippen LogP contribution in [0.5, 0.6) is 0 Å². The van der Waals surface area contributed by atoms with Crippen molar-refractivity contribution in [2.45, 2.75) is 78.0 Å². The van der Waals surface area contributed by atoms with Gasteiger partial charge in [-0.15, -0.1) is 0 Å². The number of ether oxygens (including phenoxy) is 3. The fraction of sp³-hybridized carbons (Fsp3) is 0.714. The fourth-order valence-corrected chi connectivity index (χ4v) is 2.51. The predicted molar refractivity (Wildman–Crippen MR) is 117 cm³/mol. The number of rotatable bonds is 14. The Morgan fingerprint density at radius 3 is 1.97 bits per heavy atom. The summed E-state index contributed by atoms with van der Waals surface area (Å²) in [6, 6.07) is -2.42. The minimum Gasteiger partial charge on any atom is -0.481 e. The Morgan fingerprint density at radius 1 is 0.853 bits per heavy atom. The van der Waals surface area contributed by atoms with Crippen LogP contribution in [0.2, 0.25) is 0 Å². The van der Waals surface area contributed by atoms with Crippen molar-refractivity contribution in [2.75, 3.05) is 19.8 Å². The van der Waals surface area contributed by atoms with Gasteiger partial charge in [-0.1, -0.05) is 0 Å². The number of esters is 2. The third kappa shape index (κ3) is 14.6. The Bertz CT molecular complexity index is 733. The average Bonchev–Trinajstić information content (AvgIpc) is 2.71. The second-order valence-electron chi connectivity index (χ2n) is 8.06. The third-order valence-corrected chi connectivity index (χ3v) is 3.93. The van der Waals surface area contributed by atoms with E-state index in [0.717, 1.165) is 0 Å². The van der Waals surface area contributed by atoms with E-state index in [4.69, 9.17) is 19.3 Å². The Labute approximate surface area is 198 Å². The number of hydrogen-bond donors (Lipinski definition) is 4. The van der Waals surface area contributed by atoms with E-state index < -0.39 is 66.5 Å². The number of aliphatic carboxylic acids is 1. The maximum Gasteiger partial charge on any atom is 0.408 e. The molecule has 0 aromatic heterocycles. The second-order valence-corrected chi connectivity index (χ2v) is 8.06. The number of carboxylic acid groups (broad SMARTS) is 1. The highest BCUT2D eigenvalue weighted by Crippen LogP contribution is 2.09. The summed E-state index contributed by atoms with van der Waals surface area (Å²) in [6.07, 6.45) is -1.98. The summed E-state index contributed by atoms with van der Waals surface area (Å²) in [5.41, 5.74) is -0.811. The second kappa shape index (κ2) is 15.5. The third-order valence-electron chi connectivity index (χ3n) is 3.93. The topological polar surface area (TPSA) is 186 Å².